The van der Waals surface area contributed by atoms with Crippen LogP contribution < -0.4 is 5.32 Å². The predicted molar refractivity (Wildman–Crippen MR) is 118 cm³/mol. The maximum Gasteiger partial charge on any atom is 0.252 e. The summed E-state index contributed by atoms with van der Waals surface area (Å²) >= 11 is 6.29. The molecule has 1 atom stereocenters. The fourth-order valence-electron chi connectivity index (χ4n) is 5.30. The minimum atomic E-state index is 0.00639. The number of nitrogens with zero attached hydrogens (tertiary/aromatic N) is 1. The summed E-state index contributed by atoms with van der Waals surface area (Å²) < 4.78 is 0. The van der Waals surface area contributed by atoms with E-state index < -0.39 is 0 Å². The Bertz CT molecular complexity index is 1070. The summed E-state index contributed by atoms with van der Waals surface area (Å²) in [4.78, 5) is 18.4. The van der Waals surface area contributed by atoms with Crippen LogP contribution in [0.3, 0.4) is 0 Å². The largest absolute Gasteiger partial charge is 0.349 e. The molecule has 1 aromatic heterocycles. The van der Waals surface area contributed by atoms with Gasteiger partial charge in [-0.2, -0.15) is 0 Å². The van der Waals surface area contributed by atoms with Gasteiger partial charge >= 0.3 is 0 Å². The van der Waals surface area contributed by atoms with E-state index in [1.165, 1.54) is 25.7 Å². The van der Waals surface area contributed by atoms with E-state index in [0.717, 1.165) is 40.1 Å². The summed E-state index contributed by atoms with van der Waals surface area (Å²) in [5, 5.41) is 4.84. The van der Waals surface area contributed by atoms with Gasteiger partial charge in [-0.05, 0) is 61.8 Å². The van der Waals surface area contributed by atoms with Crippen LogP contribution in [0.4, 0.5) is 0 Å². The number of amides is 1. The lowest BCUT2D eigenvalue weighted by Gasteiger charge is -2.42. The molecule has 3 saturated carbocycles. The molecule has 1 unspecified atom stereocenters. The standard InChI is InChI=1S/C25H25ClN2O/c1-15-23(25(29)28-22-13-16-7-9-17(22)10-8-16)20-14-19(26)11-12-21(20)27-24(15)18-5-3-2-4-6-18/h2-6,11-12,14,16-17,22H,7-10,13H2,1H3,(H,28,29). The molecule has 1 amide bonds. The average Bonchev–Trinajstić information content (AvgIpc) is 2.74. The van der Waals surface area contributed by atoms with Crippen molar-refractivity contribution < 1.29 is 4.79 Å². The fraction of sp³-hybridized carbons (Fsp3) is 0.360. The van der Waals surface area contributed by atoms with Crippen molar-refractivity contribution >= 4 is 28.4 Å². The lowest BCUT2D eigenvalue weighted by molar-refractivity contribution is 0.0811. The van der Waals surface area contributed by atoms with E-state index in [4.69, 9.17) is 16.6 Å². The molecule has 3 aromatic rings. The van der Waals surface area contributed by atoms with Crippen LogP contribution in [0.5, 0.6) is 0 Å². The Kier molecular flexibility index (Phi) is 4.79. The van der Waals surface area contributed by atoms with Gasteiger partial charge in [0.05, 0.1) is 16.8 Å². The molecular formula is C25H25ClN2O. The van der Waals surface area contributed by atoms with Gasteiger partial charge in [-0.25, -0.2) is 4.98 Å². The molecule has 6 rings (SSSR count). The van der Waals surface area contributed by atoms with Crippen LogP contribution in [0, 0.1) is 18.8 Å². The highest BCUT2D eigenvalue weighted by molar-refractivity contribution is 6.31. The third-order valence-corrected chi connectivity index (χ3v) is 7.06. The number of aromatic nitrogens is 1. The van der Waals surface area contributed by atoms with Gasteiger partial charge in [0.15, 0.2) is 0 Å². The number of hydrogen-bond acceptors (Lipinski definition) is 2. The first kappa shape index (κ1) is 18.6. The normalized spacial score (nSPS) is 23.3. The Hall–Kier alpha value is -2.39. The summed E-state index contributed by atoms with van der Waals surface area (Å²) in [5.74, 6) is 1.40. The number of carbonyl (C=O) groups is 1. The Morgan fingerprint density at radius 1 is 1.07 bits per heavy atom. The first-order valence-corrected chi connectivity index (χ1v) is 10.9. The lowest BCUT2D eigenvalue weighted by atomic mass is 9.68. The highest BCUT2D eigenvalue weighted by Crippen LogP contribution is 2.41. The molecule has 1 N–H and O–H groups in total. The minimum absolute atomic E-state index is 0.00639. The summed E-state index contributed by atoms with van der Waals surface area (Å²) in [5.41, 5.74) is 4.29. The van der Waals surface area contributed by atoms with Crippen molar-refractivity contribution in [3.63, 3.8) is 0 Å². The number of fused-ring (bicyclic) bond motifs is 4. The third-order valence-electron chi connectivity index (χ3n) is 6.83. The van der Waals surface area contributed by atoms with Crippen molar-refractivity contribution in [2.75, 3.05) is 0 Å². The second kappa shape index (κ2) is 7.46. The number of nitrogens with one attached hydrogen (secondary N) is 1. The van der Waals surface area contributed by atoms with Gasteiger partial charge in [0.2, 0.25) is 0 Å². The van der Waals surface area contributed by atoms with Gasteiger partial charge in [0.1, 0.15) is 0 Å². The van der Waals surface area contributed by atoms with Crippen molar-refractivity contribution in [3.05, 3.63) is 64.7 Å². The highest BCUT2D eigenvalue weighted by atomic mass is 35.5. The van der Waals surface area contributed by atoms with E-state index in [2.05, 4.69) is 5.32 Å². The van der Waals surface area contributed by atoms with Crippen LogP contribution in [-0.4, -0.2) is 16.9 Å². The lowest BCUT2D eigenvalue weighted by Crippen LogP contribution is -2.47. The monoisotopic (exact) mass is 404 g/mol. The van der Waals surface area contributed by atoms with Crippen LogP contribution in [-0.2, 0) is 0 Å². The van der Waals surface area contributed by atoms with E-state index in [9.17, 15) is 4.79 Å². The molecule has 2 aromatic carbocycles. The molecule has 3 nitrogen and oxygen atoms in total. The Morgan fingerprint density at radius 2 is 1.83 bits per heavy atom. The first-order valence-electron chi connectivity index (χ1n) is 10.6. The molecule has 0 saturated heterocycles. The second-order valence-electron chi connectivity index (χ2n) is 8.58. The van der Waals surface area contributed by atoms with Gasteiger partial charge in [-0.15, -0.1) is 0 Å². The summed E-state index contributed by atoms with van der Waals surface area (Å²) in [6.07, 6.45) is 6.24. The summed E-state index contributed by atoms with van der Waals surface area (Å²) in [6.45, 7) is 2.00. The molecule has 1 heterocycles. The number of rotatable bonds is 3. The molecule has 2 bridgehead atoms. The summed E-state index contributed by atoms with van der Waals surface area (Å²) in [7, 11) is 0. The number of carbonyl (C=O) groups excluding carboxylic acids is 1. The predicted octanol–water partition coefficient (Wildman–Crippen LogP) is 6.17. The Morgan fingerprint density at radius 3 is 2.52 bits per heavy atom. The van der Waals surface area contributed by atoms with Crippen molar-refractivity contribution in [2.24, 2.45) is 11.8 Å². The van der Waals surface area contributed by atoms with E-state index in [0.29, 0.717) is 16.5 Å². The number of halogens is 1. The highest BCUT2D eigenvalue weighted by Gasteiger charge is 2.36. The zero-order valence-corrected chi connectivity index (χ0v) is 17.4. The fourth-order valence-corrected chi connectivity index (χ4v) is 5.47. The number of pyridine rings is 1. The quantitative estimate of drug-likeness (QED) is 0.566. The van der Waals surface area contributed by atoms with E-state index in [-0.39, 0.29) is 11.9 Å². The van der Waals surface area contributed by atoms with Gasteiger partial charge in [0.25, 0.3) is 5.91 Å². The Balaban J connectivity index is 1.60. The molecule has 0 spiro atoms. The van der Waals surface area contributed by atoms with Crippen molar-refractivity contribution in [3.8, 4) is 11.3 Å². The molecule has 0 aliphatic heterocycles. The van der Waals surface area contributed by atoms with Gasteiger partial charge < -0.3 is 5.32 Å². The van der Waals surface area contributed by atoms with Gasteiger partial charge in [-0.1, -0.05) is 54.8 Å². The average molecular weight is 405 g/mol. The SMILES string of the molecule is Cc1c(-c2ccccc2)nc2ccc(Cl)cc2c1C(=O)NC1CC2CCC1CC2. The van der Waals surface area contributed by atoms with Gasteiger partial charge in [0, 0.05) is 22.0 Å². The molecule has 3 aliphatic rings. The molecule has 0 radical (unpaired) electrons. The van der Waals surface area contributed by atoms with Crippen LogP contribution in [0.25, 0.3) is 22.2 Å². The van der Waals surface area contributed by atoms with E-state index in [1.807, 2.05) is 55.5 Å². The van der Waals surface area contributed by atoms with Crippen molar-refractivity contribution in [1.82, 2.24) is 10.3 Å². The van der Waals surface area contributed by atoms with Crippen LogP contribution in [0.1, 0.15) is 48.0 Å². The maximum atomic E-state index is 13.5. The van der Waals surface area contributed by atoms with Crippen molar-refractivity contribution in [1.29, 1.82) is 0 Å². The maximum absolute atomic E-state index is 13.5. The summed E-state index contributed by atoms with van der Waals surface area (Å²) in [6, 6.07) is 16.0. The zero-order chi connectivity index (χ0) is 20.0. The first-order chi connectivity index (χ1) is 14.1. The Labute approximate surface area is 176 Å². The van der Waals surface area contributed by atoms with E-state index in [1.54, 1.807) is 0 Å². The molecular weight excluding hydrogens is 380 g/mol. The van der Waals surface area contributed by atoms with Crippen LogP contribution in [0.15, 0.2) is 48.5 Å². The van der Waals surface area contributed by atoms with Crippen LogP contribution in [0.2, 0.25) is 5.02 Å². The molecule has 148 valence electrons. The van der Waals surface area contributed by atoms with E-state index >= 15 is 0 Å². The van der Waals surface area contributed by atoms with Gasteiger partial charge in [-0.3, -0.25) is 4.79 Å². The molecule has 4 heteroatoms. The zero-order valence-electron chi connectivity index (χ0n) is 16.6. The minimum Gasteiger partial charge on any atom is -0.349 e. The van der Waals surface area contributed by atoms with Crippen LogP contribution >= 0.6 is 11.6 Å². The topological polar surface area (TPSA) is 42.0 Å². The molecule has 3 aliphatic carbocycles. The number of hydrogen-bond donors (Lipinski definition) is 1. The smallest absolute Gasteiger partial charge is 0.252 e. The van der Waals surface area contributed by atoms with Crippen molar-refractivity contribution in [2.45, 2.75) is 45.1 Å². The molecule has 29 heavy (non-hydrogen) atoms. The molecule has 3 fully saturated rings. The third kappa shape index (κ3) is 3.42. The second-order valence-corrected chi connectivity index (χ2v) is 9.02. The number of benzene rings is 2.